The molecule has 1 heterocycles. The van der Waals surface area contributed by atoms with Crippen LogP contribution in [0.25, 0.3) is 0 Å². The lowest BCUT2D eigenvalue weighted by Gasteiger charge is -2.27. The molecule has 1 aromatic rings. The summed E-state index contributed by atoms with van der Waals surface area (Å²) in [6, 6.07) is 5.24. The highest BCUT2D eigenvalue weighted by molar-refractivity contribution is 5.98. The van der Waals surface area contributed by atoms with Gasteiger partial charge in [-0.15, -0.1) is 0 Å². The second-order valence-electron chi connectivity index (χ2n) is 4.48. The number of carbonyl (C=O) groups excluding carboxylic acids is 1. The molecule has 0 saturated carbocycles. The van der Waals surface area contributed by atoms with Gasteiger partial charge in [0.2, 0.25) is 0 Å². The predicted octanol–water partition coefficient (Wildman–Crippen LogP) is 2.01. The van der Waals surface area contributed by atoms with Gasteiger partial charge >= 0.3 is 0 Å². The summed E-state index contributed by atoms with van der Waals surface area (Å²) in [5, 5.41) is 2.82. The van der Waals surface area contributed by atoms with Crippen molar-refractivity contribution in [2.75, 3.05) is 11.1 Å². The zero-order valence-corrected chi connectivity index (χ0v) is 9.49. The molecule has 16 heavy (non-hydrogen) atoms. The lowest BCUT2D eigenvalue weighted by Crippen LogP contribution is -2.37. The number of anilines is 2. The molecule has 0 aliphatic carbocycles. The van der Waals surface area contributed by atoms with Crippen molar-refractivity contribution in [3.8, 4) is 5.75 Å². The van der Waals surface area contributed by atoms with Crippen LogP contribution in [0.5, 0.6) is 5.75 Å². The van der Waals surface area contributed by atoms with Crippen LogP contribution in [0.2, 0.25) is 0 Å². The van der Waals surface area contributed by atoms with Gasteiger partial charge in [0.05, 0.1) is 5.69 Å². The first kappa shape index (κ1) is 10.8. The number of hydrogen-bond acceptors (Lipinski definition) is 3. The van der Waals surface area contributed by atoms with Gasteiger partial charge in [0.15, 0.2) is 6.10 Å². The Morgan fingerprint density at radius 3 is 2.94 bits per heavy atom. The van der Waals surface area contributed by atoms with Crippen LogP contribution in [0.4, 0.5) is 11.4 Å². The summed E-state index contributed by atoms with van der Waals surface area (Å²) in [5.74, 6) is 0.995. The largest absolute Gasteiger partial charge is 0.478 e. The van der Waals surface area contributed by atoms with Gasteiger partial charge in [-0.3, -0.25) is 4.79 Å². The van der Waals surface area contributed by atoms with Crippen LogP contribution in [-0.4, -0.2) is 12.0 Å². The molecule has 0 spiro atoms. The first-order valence-corrected chi connectivity index (χ1v) is 5.43. The van der Waals surface area contributed by atoms with Gasteiger partial charge < -0.3 is 15.8 Å². The molecule has 2 rings (SSSR count). The van der Waals surface area contributed by atoms with Crippen LogP contribution in [0.15, 0.2) is 18.2 Å². The van der Waals surface area contributed by atoms with E-state index in [1.807, 2.05) is 0 Å². The molecule has 1 atom stereocenters. The first-order valence-electron chi connectivity index (χ1n) is 5.43. The van der Waals surface area contributed by atoms with Gasteiger partial charge in [-0.25, -0.2) is 0 Å². The molecule has 1 aromatic carbocycles. The summed E-state index contributed by atoms with van der Waals surface area (Å²) in [7, 11) is 0. The Morgan fingerprint density at radius 1 is 1.50 bits per heavy atom. The average molecular weight is 220 g/mol. The fraction of sp³-hybridized carbons (Fsp3) is 0.417. The summed E-state index contributed by atoms with van der Waals surface area (Å²) in [6.45, 7) is 4.12. The molecule has 0 saturated heterocycles. The summed E-state index contributed by atoms with van der Waals surface area (Å²) in [4.78, 5) is 11.7. The standard InChI is InChI=1S/C12H16N2O2/c1-7(2)5-11-12(15)14-9-4-3-8(13)6-10(9)16-11/h3-4,6-7,11H,5,13H2,1-2H3,(H,14,15). The van der Waals surface area contributed by atoms with Crippen LogP contribution in [-0.2, 0) is 4.79 Å². The molecule has 0 radical (unpaired) electrons. The third-order valence-electron chi connectivity index (χ3n) is 2.51. The monoisotopic (exact) mass is 220 g/mol. The Morgan fingerprint density at radius 2 is 2.25 bits per heavy atom. The van der Waals surface area contributed by atoms with Crippen molar-refractivity contribution >= 4 is 17.3 Å². The fourth-order valence-corrected chi connectivity index (χ4v) is 1.74. The maximum atomic E-state index is 11.7. The number of benzene rings is 1. The van der Waals surface area contributed by atoms with E-state index in [1.54, 1.807) is 18.2 Å². The Balaban J connectivity index is 2.22. The highest BCUT2D eigenvalue weighted by Gasteiger charge is 2.28. The number of hydrogen-bond donors (Lipinski definition) is 2. The van der Waals surface area contributed by atoms with Crippen LogP contribution in [0.3, 0.4) is 0 Å². The van der Waals surface area contributed by atoms with Gasteiger partial charge in [-0.1, -0.05) is 13.8 Å². The molecule has 86 valence electrons. The number of nitrogens with two attached hydrogens (primary N) is 1. The van der Waals surface area contributed by atoms with E-state index in [0.717, 1.165) is 0 Å². The summed E-state index contributed by atoms with van der Waals surface area (Å²) < 4.78 is 5.64. The number of fused-ring (bicyclic) bond motifs is 1. The fourth-order valence-electron chi connectivity index (χ4n) is 1.74. The summed E-state index contributed by atoms with van der Waals surface area (Å²) in [6.07, 6.45) is 0.300. The SMILES string of the molecule is CC(C)CC1Oc2cc(N)ccc2NC1=O. The maximum absolute atomic E-state index is 11.7. The molecule has 4 nitrogen and oxygen atoms in total. The minimum absolute atomic E-state index is 0.0778. The normalized spacial score (nSPS) is 18.9. The van der Waals surface area contributed by atoms with Gasteiger partial charge in [0.25, 0.3) is 5.91 Å². The Hall–Kier alpha value is -1.71. The van der Waals surface area contributed by atoms with E-state index in [0.29, 0.717) is 29.5 Å². The van der Waals surface area contributed by atoms with Crippen molar-refractivity contribution in [2.24, 2.45) is 5.92 Å². The number of ether oxygens (including phenoxy) is 1. The average Bonchev–Trinajstić information content (AvgIpc) is 2.19. The van der Waals surface area contributed by atoms with Crippen LogP contribution in [0.1, 0.15) is 20.3 Å². The number of nitrogen functional groups attached to an aromatic ring is 1. The van der Waals surface area contributed by atoms with Gasteiger partial charge in [0.1, 0.15) is 5.75 Å². The lowest BCUT2D eigenvalue weighted by atomic mass is 10.0. The van der Waals surface area contributed by atoms with E-state index in [-0.39, 0.29) is 5.91 Å². The van der Waals surface area contributed by atoms with Crippen molar-refractivity contribution < 1.29 is 9.53 Å². The molecule has 0 fully saturated rings. The smallest absolute Gasteiger partial charge is 0.265 e. The molecule has 1 aliphatic rings. The van der Waals surface area contributed by atoms with Crippen LogP contribution in [0, 0.1) is 5.92 Å². The molecule has 0 bridgehead atoms. The maximum Gasteiger partial charge on any atom is 0.265 e. The van der Waals surface area contributed by atoms with E-state index in [4.69, 9.17) is 10.5 Å². The van der Waals surface area contributed by atoms with E-state index in [2.05, 4.69) is 19.2 Å². The number of nitrogens with one attached hydrogen (secondary N) is 1. The zero-order chi connectivity index (χ0) is 11.7. The molecular formula is C12H16N2O2. The van der Waals surface area contributed by atoms with Crippen molar-refractivity contribution in [1.82, 2.24) is 0 Å². The van der Waals surface area contributed by atoms with Crippen LogP contribution < -0.4 is 15.8 Å². The number of rotatable bonds is 2. The minimum atomic E-state index is -0.408. The number of carbonyl (C=O) groups is 1. The highest BCUT2D eigenvalue weighted by atomic mass is 16.5. The van der Waals surface area contributed by atoms with Crippen LogP contribution >= 0.6 is 0 Å². The quantitative estimate of drug-likeness (QED) is 0.749. The van der Waals surface area contributed by atoms with Crippen molar-refractivity contribution in [2.45, 2.75) is 26.4 Å². The third-order valence-corrected chi connectivity index (χ3v) is 2.51. The van der Waals surface area contributed by atoms with E-state index in [1.165, 1.54) is 0 Å². The molecule has 4 heteroatoms. The summed E-state index contributed by atoms with van der Waals surface area (Å²) >= 11 is 0. The molecular weight excluding hydrogens is 204 g/mol. The van der Waals surface area contributed by atoms with Gasteiger partial charge in [-0.2, -0.15) is 0 Å². The molecule has 1 amide bonds. The van der Waals surface area contributed by atoms with E-state index < -0.39 is 6.10 Å². The predicted molar refractivity (Wildman–Crippen MR) is 63.4 cm³/mol. The number of amides is 1. The minimum Gasteiger partial charge on any atom is -0.478 e. The molecule has 1 unspecified atom stereocenters. The van der Waals surface area contributed by atoms with Gasteiger partial charge in [0, 0.05) is 11.8 Å². The summed E-state index contributed by atoms with van der Waals surface area (Å²) in [5.41, 5.74) is 7.00. The van der Waals surface area contributed by atoms with E-state index in [9.17, 15) is 4.79 Å². The first-order chi connectivity index (χ1) is 7.56. The highest BCUT2D eigenvalue weighted by Crippen LogP contribution is 2.32. The Kier molecular flexibility index (Phi) is 2.73. The van der Waals surface area contributed by atoms with Crippen molar-refractivity contribution in [1.29, 1.82) is 0 Å². The molecule has 0 aromatic heterocycles. The topological polar surface area (TPSA) is 64.3 Å². The van der Waals surface area contributed by atoms with Crippen molar-refractivity contribution in [3.05, 3.63) is 18.2 Å². The zero-order valence-electron chi connectivity index (χ0n) is 9.49. The second kappa shape index (κ2) is 4.04. The van der Waals surface area contributed by atoms with Gasteiger partial charge in [-0.05, 0) is 24.5 Å². The third kappa shape index (κ3) is 2.10. The Bertz CT molecular complexity index is 415. The molecule has 1 aliphatic heterocycles. The van der Waals surface area contributed by atoms with Crippen molar-refractivity contribution in [3.63, 3.8) is 0 Å². The van der Waals surface area contributed by atoms with E-state index >= 15 is 0 Å². The lowest BCUT2D eigenvalue weighted by molar-refractivity contribution is -0.124. The Labute approximate surface area is 94.8 Å². The second-order valence-corrected chi connectivity index (χ2v) is 4.48. The molecule has 3 N–H and O–H groups in total.